The largest absolute Gasteiger partial charge is 0.534 e. The minimum atomic E-state index is -2.72. The number of fused-ring (bicyclic) bond motifs is 1. The smallest absolute Gasteiger partial charge is 0.319 e. The molecule has 0 radical (unpaired) electrons. The van der Waals surface area contributed by atoms with Crippen LogP contribution in [-0.2, 0) is 10.8 Å². The first-order chi connectivity index (χ1) is 17.3. The molecule has 7 heteroatoms. The number of hydrogen-bond acceptors (Lipinski definition) is 4. The molecule has 0 bridgehead atoms. The molecule has 182 valence electrons. The van der Waals surface area contributed by atoms with Crippen molar-refractivity contribution in [2.45, 2.75) is 31.0 Å². The highest BCUT2D eigenvalue weighted by Gasteiger charge is 2.52. The van der Waals surface area contributed by atoms with Gasteiger partial charge in [-0.2, -0.15) is 0 Å². The van der Waals surface area contributed by atoms with Gasteiger partial charge in [-0.15, -0.1) is 0 Å². The van der Waals surface area contributed by atoms with E-state index < -0.39 is 19.1 Å². The SMILES string of the molecule is CS(=O)c1nccc(-n2ccc3cc(O[Si](c4ccccc4)(c4ccccc4)C(C)(C)C)ccc32)n1. The fraction of sp³-hybridized carbons (Fsp3) is 0.172. The molecule has 2 heterocycles. The van der Waals surface area contributed by atoms with Gasteiger partial charge in [0.25, 0.3) is 0 Å². The van der Waals surface area contributed by atoms with Crippen LogP contribution < -0.4 is 14.8 Å². The standard InChI is InChI=1S/C29H29N3O2SSi/c1-29(2,3)36(24-11-7-5-8-12-24,25-13-9-6-10-14-25)34-23-15-16-26-22(21-23)18-20-32(26)27-17-19-30-28(31-27)35(4)33/h5-21H,1-4H3. The van der Waals surface area contributed by atoms with Crippen molar-refractivity contribution in [2.24, 2.45) is 0 Å². The second kappa shape index (κ2) is 9.48. The minimum absolute atomic E-state index is 0.121. The Hall–Kier alpha value is -3.55. The molecule has 0 N–H and O–H groups in total. The molecule has 0 aliphatic heterocycles. The van der Waals surface area contributed by atoms with Gasteiger partial charge in [0.15, 0.2) is 0 Å². The van der Waals surface area contributed by atoms with Crippen LogP contribution >= 0.6 is 0 Å². The molecular formula is C29H29N3O2SSi. The van der Waals surface area contributed by atoms with Gasteiger partial charge < -0.3 is 8.99 Å². The summed E-state index contributed by atoms with van der Waals surface area (Å²) in [5.74, 6) is 1.53. The molecule has 1 atom stereocenters. The van der Waals surface area contributed by atoms with E-state index in [9.17, 15) is 4.21 Å². The molecule has 2 aromatic heterocycles. The highest BCUT2D eigenvalue weighted by atomic mass is 32.2. The summed E-state index contributed by atoms with van der Waals surface area (Å²) in [7, 11) is -3.96. The first kappa shape index (κ1) is 24.2. The molecule has 0 spiro atoms. The summed E-state index contributed by atoms with van der Waals surface area (Å²) in [4.78, 5) is 8.61. The van der Waals surface area contributed by atoms with Crippen molar-refractivity contribution < 1.29 is 8.63 Å². The Kier molecular flexibility index (Phi) is 6.36. The Bertz CT molecular complexity index is 1490. The van der Waals surface area contributed by atoms with Gasteiger partial charge >= 0.3 is 8.32 Å². The molecule has 0 saturated heterocycles. The predicted molar refractivity (Wildman–Crippen MR) is 149 cm³/mol. The molecule has 0 fully saturated rings. The average molecular weight is 512 g/mol. The van der Waals surface area contributed by atoms with Crippen molar-refractivity contribution in [3.63, 3.8) is 0 Å². The lowest BCUT2D eigenvalue weighted by Crippen LogP contribution is -2.68. The maximum Gasteiger partial charge on any atom is 0.319 e. The lowest BCUT2D eigenvalue weighted by atomic mass is 10.2. The van der Waals surface area contributed by atoms with Gasteiger partial charge in [0.05, 0.1) is 16.3 Å². The number of nitrogens with zero attached hydrogens (tertiary/aromatic N) is 3. The predicted octanol–water partition coefficient (Wildman–Crippen LogP) is 5.10. The molecule has 0 saturated carbocycles. The Balaban J connectivity index is 1.62. The van der Waals surface area contributed by atoms with Crippen LogP contribution in [0.1, 0.15) is 20.8 Å². The van der Waals surface area contributed by atoms with Crippen molar-refractivity contribution in [1.29, 1.82) is 0 Å². The van der Waals surface area contributed by atoms with Crippen LogP contribution in [0.3, 0.4) is 0 Å². The van der Waals surface area contributed by atoms with Crippen LogP contribution in [0, 0.1) is 0 Å². The normalized spacial score (nSPS) is 13.0. The van der Waals surface area contributed by atoms with E-state index in [0.29, 0.717) is 11.0 Å². The number of benzene rings is 3. The summed E-state index contributed by atoms with van der Waals surface area (Å²) in [6.45, 7) is 6.83. The van der Waals surface area contributed by atoms with E-state index in [4.69, 9.17) is 4.43 Å². The highest BCUT2D eigenvalue weighted by molar-refractivity contribution is 7.84. The van der Waals surface area contributed by atoms with Gasteiger partial charge in [-0.25, -0.2) is 9.97 Å². The van der Waals surface area contributed by atoms with E-state index in [0.717, 1.165) is 16.7 Å². The number of hydrogen-bond donors (Lipinski definition) is 0. The maximum atomic E-state index is 11.9. The Morgan fingerprint density at radius 3 is 2.08 bits per heavy atom. The fourth-order valence-electron chi connectivity index (χ4n) is 4.81. The van der Waals surface area contributed by atoms with Crippen LogP contribution in [0.4, 0.5) is 0 Å². The van der Waals surface area contributed by atoms with Crippen LogP contribution in [0.5, 0.6) is 5.75 Å². The second-order valence-corrected chi connectivity index (χ2v) is 15.3. The Labute approximate surface area is 215 Å². The Morgan fingerprint density at radius 1 is 0.861 bits per heavy atom. The molecule has 1 unspecified atom stereocenters. The number of rotatable bonds is 6. The molecule has 0 aliphatic carbocycles. The van der Waals surface area contributed by atoms with Gasteiger partial charge in [0.1, 0.15) is 11.6 Å². The van der Waals surface area contributed by atoms with Gasteiger partial charge in [-0.1, -0.05) is 81.4 Å². The first-order valence-electron chi connectivity index (χ1n) is 11.9. The lowest BCUT2D eigenvalue weighted by molar-refractivity contribution is 0.509. The minimum Gasteiger partial charge on any atom is -0.534 e. The van der Waals surface area contributed by atoms with E-state index in [1.54, 1.807) is 12.5 Å². The topological polar surface area (TPSA) is 57.0 Å². The van der Waals surface area contributed by atoms with Crippen LogP contribution in [-0.4, -0.2) is 33.3 Å². The van der Waals surface area contributed by atoms with Crippen molar-refractivity contribution in [3.8, 4) is 11.6 Å². The number of aromatic nitrogens is 3. The summed E-state index contributed by atoms with van der Waals surface area (Å²) < 4.78 is 21.0. The third-order valence-electron chi connectivity index (χ3n) is 6.47. The second-order valence-electron chi connectivity index (χ2n) is 9.82. The zero-order valence-electron chi connectivity index (χ0n) is 20.9. The van der Waals surface area contributed by atoms with E-state index >= 15 is 0 Å². The lowest BCUT2D eigenvalue weighted by Gasteiger charge is -2.43. The zero-order chi connectivity index (χ0) is 25.3. The van der Waals surface area contributed by atoms with Crippen LogP contribution in [0.15, 0.2) is 109 Å². The summed E-state index contributed by atoms with van der Waals surface area (Å²) in [6, 6.07) is 31.4. The van der Waals surface area contributed by atoms with Crippen LogP contribution in [0.25, 0.3) is 16.7 Å². The summed E-state index contributed by atoms with van der Waals surface area (Å²) in [5, 5.41) is 3.72. The first-order valence-corrected chi connectivity index (χ1v) is 15.3. The highest BCUT2D eigenvalue weighted by Crippen LogP contribution is 2.38. The summed E-state index contributed by atoms with van der Waals surface area (Å²) >= 11 is 0. The van der Waals surface area contributed by atoms with E-state index in [1.807, 2.05) is 22.9 Å². The van der Waals surface area contributed by atoms with E-state index in [-0.39, 0.29) is 5.04 Å². The summed E-state index contributed by atoms with van der Waals surface area (Å²) in [5.41, 5.74) is 0.997. The van der Waals surface area contributed by atoms with Crippen molar-refractivity contribution in [1.82, 2.24) is 14.5 Å². The van der Waals surface area contributed by atoms with E-state index in [2.05, 4.69) is 110 Å². The monoisotopic (exact) mass is 511 g/mol. The van der Waals surface area contributed by atoms with Crippen molar-refractivity contribution >= 4 is 40.4 Å². The maximum absolute atomic E-state index is 11.9. The van der Waals surface area contributed by atoms with Crippen molar-refractivity contribution in [3.05, 3.63) is 103 Å². The Morgan fingerprint density at radius 2 is 1.50 bits per heavy atom. The molecule has 5 aromatic rings. The third-order valence-corrected chi connectivity index (χ3v) is 12.1. The van der Waals surface area contributed by atoms with Crippen LogP contribution in [0.2, 0.25) is 5.04 Å². The molecule has 3 aromatic carbocycles. The average Bonchev–Trinajstić information content (AvgIpc) is 3.31. The molecular weight excluding hydrogens is 482 g/mol. The summed E-state index contributed by atoms with van der Waals surface area (Å²) in [6.07, 6.45) is 5.20. The third kappa shape index (κ3) is 4.29. The van der Waals surface area contributed by atoms with Gasteiger partial charge in [0.2, 0.25) is 5.16 Å². The fourth-order valence-corrected chi connectivity index (χ4v) is 9.66. The molecule has 36 heavy (non-hydrogen) atoms. The quantitative estimate of drug-likeness (QED) is 0.235. The molecule has 0 amide bonds. The van der Waals surface area contributed by atoms with Gasteiger partial charge in [0, 0.05) is 24.0 Å². The molecule has 5 rings (SSSR count). The van der Waals surface area contributed by atoms with Gasteiger partial charge in [-0.05, 0) is 45.7 Å². The van der Waals surface area contributed by atoms with Gasteiger partial charge in [-0.3, -0.25) is 4.21 Å². The van der Waals surface area contributed by atoms with Crippen molar-refractivity contribution in [2.75, 3.05) is 6.26 Å². The molecule has 5 nitrogen and oxygen atoms in total. The van der Waals surface area contributed by atoms with E-state index in [1.165, 1.54) is 10.4 Å². The molecule has 0 aliphatic rings. The zero-order valence-corrected chi connectivity index (χ0v) is 22.7.